The van der Waals surface area contributed by atoms with Gasteiger partial charge in [0.1, 0.15) is 6.23 Å². The maximum absolute atomic E-state index is 13.0. The van der Waals surface area contributed by atoms with E-state index in [2.05, 4.69) is 15.2 Å². The molecular formula is C24H24ClN5O3S. The van der Waals surface area contributed by atoms with Crippen molar-refractivity contribution in [2.75, 3.05) is 42.9 Å². The summed E-state index contributed by atoms with van der Waals surface area (Å²) in [5.74, 6) is -0.263. The predicted octanol–water partition coefficient (Wildman–Crippen LogP) is 3.20. The van der Waals surface area contributed by atoms with E-state index in [4.69, 9.17) is 11.6 Å². The number of pyridine rings is 1. The molecule has 2 aliphatic heterocycles. The van der Waals surface area contributed by atoms with Crippen molar-refractivity contribution >= 4 is 46.1 Å². The summed E-state index contributed by atoms with van der Waals surface area (Å²) in [6, 6.07) is 12.7. The highest BCUT2D eigenvalue weighted by Crippen LogP contribution is 2.36. The van der Waals surface area contributed by atoms with Crippen LogP contribution in [0.3, 0.4) is 0 Å². The van der Waals surface area contributed by atoms with Crippen LogP contribution in [0.4, 0.5) is 11.4 Å². The first kappa shape index (κ1) is 22.8. The highest BCUT2D eigenvalue weighted by Gasteiger charge is 2.33. The molecule has 0 aliphatic carbocycles. The van der Waals surface area contributed by atoms with Crippen LogP contribution in [-0.2, 0) is 11.3 Å². The third-order valence-electron chi connectivity index (χ3n) is 6.24. The lowest BCUT2D eigenvalue weighted by Gasteiger charge is -2.36. The van der Waals surface area contributed by atoms with E-state index >= 15 is 0 Å². The minimum atomic E-state index is -0.898. The number of aromatic nitrogens is 1. The molecule has 2 aromatic heterocycles. The van der Waals surface area contributed by atoms with Gasteiger partial charge >= 0.3 is 0 Å². The first-order chi connectivity index (χ1) is 16.5. The Kier molecular flexibility index (Phi) is 6.51. The molecular weight excluding hydrogens is 474 g/mol. The monoisotopic (exact) mass is 497 g/mol. The van der Waals surface area contributed by atoms with E-state index in [9.17, 15) is 14.7 Å². The normalized spacial score (nSPS) is 18.1. The van der Waals surface area contributed by atoms with Crippen molar-refractivity contribution in [2.24, 2.45) is 0 Å². The van der Waals surface area contributed by atoms with E-state index in [1.54, 1.807) is 35.5 Å². The fourth-order valence-corrected chi connectivity index (χ4v) is 5.37. The number of thiophene rings is 1. The van der Waals surface area contributed by atoms with Crippen LogP contribution in [0.2, 0.25) is 4.34 Å². The molecule has 0 saturated carbocycles. The van der Waals surface area contributed by atoms with Crippen LogP contribution in [0.1, 0.15) is 27.0 Å². The van der Waals surface area contributed by atoms with Gasteiger partial charge in [-0.2, -0.15) is 0 Å². The first-order valence-corrected chi connectivity index (χ1v) is 12.2. The molecule has 2 N–H and O–H groups in total. The molecule has 1 aromatic carbocycles. The fraction of sp³-hybridized carbons (Fsp3) is 0.292. The number of hydrogen-bond donors (Lipinski definition) is 2. The summed E-state index contributed by atoms with van der Waals surface area (Å²) in [5.41, 5.74) is 3.26. The van der Waals surface area contributed by atoms with Gasteiger partial charge in [0.15, 0.2) is 0 Å². The number of carbonyl (C=O) groups is 2. The number of halogens is 1. The Morgan fingerprint density at radius 3 is 2.56 bits per heavy atom. The number of nitrogens with zero attached hydrogens (tertiary/aromatic N) is 4. The molecule has 4 heterocycles. The molecule has 3 aromatic rings. The number of nitrogens with one attached hydrogen (secondary N) is 1. The Balaban J connectivity index is 1.21. The number of aliphatic hydroxyl groups excluding tert-OH is 1. The van der Waals surface area contributed by atoms with Crippen LogP contribution in [0.5, 0.6) is 0 Å². The smallest absolute Gasteiger partial charge is 0.265 e. The molecule has 0 bridgehead atoms. The third kappa shape index (κ3) is 4.65. The minimum Gasteiger partial charge on any atom is -0.374 e. The van der Waals surface area contributed by atoms with Crippen LogP contribution in [0, 0.1) is 0 Å². The number of aliphatic hydroxyl groups is 1. The average molecular weight is 498 g/mol. The van der Waals surface area contributed by atoms with E-state index in [-0.39, 0.29) is 18.4 Å². The van der Waals surface area contributed by atoms with Crippen LogP contribution < -0.4 is 10.2 Å². The number of hydrogen-bond acceptors (Lipinski definition) is 7. The SMILES string of the molecule is O=C(Nc1cccc2c1CN(CC(=O)N1CCN(c3ccncc3)CC1)C2O)c1ccc(Cl)s1. The average Bonchev–Trinajstić information content (AvgIpc) is 3.44. The molecule has 1 fully saturated rings. The lowest BCUT2D eigenvalue weighted by Crippen LogP contribution is -2.51. The zero-order chi connectivity index (χ0) is 23.7. The zero-order valence-electron chi connectivity index (χ0n) is 18.4. The van der Waals surface area contributed by atoms with Crippen molar-refractivity contribution < 1.29 is 14.7 Å². The van der Waals surface area contributed by atoms with Crippen molar-refractivity contribution in [2.45, 2.75) is 12.8 Å². The summed E-state index contributed by atoms with van der Waals surface area (Å²) >= 11 is 7.16. The highest BCUT2D eigenvalue weighted by molar-refractivity contribution is 7.18. The second-order valence-electron chi connectivity index (χ2n) is 8.28. The Morgan fingerprint density at radius 1 is 1.09 bits per heavy atom. The fourth-order valence-electron chi connectivity index (χ4n) is 4.43. The summed E-state index contributed by atoms with van der Waals surface area (Å²) in [4.78, 5) is 36.0. The lowest BCUT2D eigenvalue weighted by molar-refractivity contribution is -0.135. The number of piperazine rings is 1. The van der Waals surface area contributed by atoms with Crippen molar-refractivity contribution in [3.63, 3.8) is 0 Å². The second kappa shape index (κ2) is 9.71. The zero-order valence-corrected chi connectivity index (χ0v) is 19.9. The van der Waals surface area contributed by atoms with Gasteiger partial charge in [0.2, 0.25) is 5.91 Å². The van der Waals surface area contributed by atoms with Crippen LogP contribution in [0.15, 0.2) is 54.9 Å². The topological polar surface area (TPSA) is 89.0 Å². The number of rotatable bonds is 5. The van der Waals surface area contributed by atoms with Crippen molar-refractivity contribution in [1.82, 2.24) is 14.8 Å². The van der Waals surface area contributed by atoms with Gasteiger partial charge in [-0.15, -0.1) is 11.3 Å². The molecule has 8 nitrogen and oxygen atoms in total. The summed E-state index contributed by atoms with van der Waals surface area (Å²) < 4.78 is 0.546. The largest absolute Gasteiger partial charge is 0.374 e. The molecule has 1 saturated heterocycles. The van der Waals surface area contributed by atoms with Crippen LogP contribution in [-0.4, -0.2) is 64.4 Å². The number of carbonyl (C=O) groups excluding carboxylic acids is 2. The van der Waals surface area contributed by atoms with Gasteiger partial charge < -0.3 is 20.2 Å². The minimum absolute atomic E-state index is 0.0138. The summed E-state index contributed by atoms with van der Waals surface area (Å²) in [6.45, 7) is 3.24. The van der Waals surface area contributed by atoms with E-state index < -0.39 is 6.23 Å². The van der Waals surface area contributed by atoms with Crippen LogP contribution >= 0.6 is 22.9 Å². The van der Waals surface area contributed by atoms with Gasteiger partial charge in [-0.05, 0) is 35.9 Å². The Bertz CT molecular complexity index is 1200. The molecule has 2 amide bonds. The second-order valence-corrected chi connectivity index (χ2v) is 10.00. The molecule has 176 valence electrons. The van der Waals surface area contributed by atoms with E-state index in [1.807, 2.05) is 29.2 Å². The molecule has 0 radical (unpaired) electrons. The molecule has 1 atom stereocenters. The van der Waals surface area contributed by atoms with E-state index in [0.717, 1.165) is 24.3 Å². The number of amides is 2. The van der Waals surface area contributed by atoms with Gasteiger partial charge in [-0.3, -0.25) is 19.5 Å². The quantitative estimate of drug-likeness (QED) is 0.562. The molecule has 5 rings (SSSR count). The van der Waals surface area contributed by atoms with Crippen molar-refractivity contribution in [1.29, 1.82) is 0 Å². The lowest BCUT2D eigenvalue weighted by atomic mass is 10.1. The first-order valence-electron chi connectivity index (χ1n) is 11.0. The van der Waals surface area contributed by atoms with Gasteiger partial charge in [-0.25, -0.2) is 0 Å². The maximum atomic E-state index is 13.0. The van der Waals surface area contributed by atoms with E-state index in [1.165, 1.54) is 11.3 Å². The van der Waals surface area contributed by atoms with Gasteiger partial charge in [0, 0.05) is 62.1 Å². The molecule has 2 aliphatic rings. The van der Waals surface area contributed by atoms with Gasteiger partial charge in [0.05, 0.1) is 15.8 Å². The van der Waals surface area contributed by atoms with Crippen LogP contribution in [0.25, 0.3) is 0 Å². The van der Waals surface area contributed by atoms with Crippen molar-refractivity contribution in [3.8, 4) is 0 Å². The molecule has 1 unspecified atom stereocenters. The van der Waals surface area contributed by atoms with Gasteiger partial charge in [0.25, 0.3) is 5.91 Å². The Morgan fingerprint density at radius 2 is 1.85 bits per heavy atom. The van der Waals surface area contributed by atoms with Crippen molar-refractivity contribution in [3.05, 3.63) is 75.2 Å². The van der Waals surface area contributed by atoms with Gasteiger partial charge in [-0.1, -0.05) is 23.7 Å². The maximum Gasteiger partial charge on any atom is 0.265 e. The Labute approximate surface area is 206 Å². The molecule has 0 spiro atoms. The summed E-state index contributed by atoms with van der Waals surface area (Å²) in [7, 11) is 0. The third-order valence-corrected chi connectivity index (χ3v) is 7.47. The summed E-state index contributed by atoms with van der Waals surface area (Å²) in [6.07, 6.45) is 2.64. The highest BCUT2D eigenvalue weighted by atomic mass is 35.5. The number of fused-ring (bicyclic) bond motifs is 1. The molecule has 34 heavy (non-hydrogen) atoms. The number of benzene rings is 1. The standard InChI is InChI=1S/C24H24ClN5O3S/c25-21-5-4-20(34-21)23(32)27-19-3-1-2-17-18(19)14-30(24(17)33)15-22(31)29-12-10-28(11-13-29)16-6-8-26-9-7-16/h1-9,24,33H,10-15H2,(H,27,32). The number of anilines is 2. The van der Waals surface area contributed by atoms with E-state index in [0.29, 0.717) is 40.1 Å². The molecule has 10 heteroatoms. The predicted molar refractivity (Wildman–Crippen MR) is 132 cm³/mol. The Hall–Kier alpha value is -2.98. The summed E-state index contributed by atoms with van der Waals surface area (Å²) in [5, 5.41) is 13.8.